The number of carbonyl (C=O) groups excluding carboxylic acids is 1. The number of furan rings is 2. The maximum Gasteiger partial charge on any atom is 0.237 e. The number of piperidine rings is 1. The topological polar surface area (TPSA) is 80.5 Å². The molecule has 1 amide bonds. The minimum Gasteiger partial charge on any atom is -0.467 e. The van der Waals surface area contributed by atoms with E-state index in [0.717, 1.165) is 79.4 Å². The maximum atomic E-state index is 13.5. The molecule has 1 aliphatic carbocycles. The Kier molecular flexibility index (Phi) is 7.61. The summed E-state index contributed by atoms with van der Waals surface area (Å²) in [4.78, 5) is 17.6. The third-order valence-corrected chi connectivity index (χ3v) is 7.74. The predicted molar refractivity (Wildman–Crippen MR) is 135 cm³/mol. The average Bonchev–Trinajstić information content (AvgIpc) is 3.66. The van der Waals surface area contributed by atoms with Gasteiger partial charge in [-0.05, 0) is 68.7 Å². The Morgan fingerprint density at radius 1 is 1.11 bits per heavy atom. The van der Waals surface area contributed by atoms with Crippen LogP contribution in [0.3, 0.4) is 0 Å². The van der Waals surface area contributed by atoms with Crippen molar-refractivity contribution in [2.45, 2.75) is 63.7 Å². The zero-order valence-electron chi connectivity index (χ0n) is 20.3. The highest BCUT2D eigenvalue weighted by Gasteiger charge is 2.26. The number of nitrogens with zero attached hydrogens (tertiary/aromatic N) is 5. The van der Waals surface area contributed by atoms with Gasteiger partial charge in [0.05, 0.1) is 31.4 Å². The van der Waals surface area contributed by atoms with Crippen molar-refractivity contribution in [1.82, 2.24) is 19.7 Å². The molecular formula is C26H33N5O3S. The number of thioether (sulfide) groups is 1. The second kappa shape index (κ2) is 11.2. The third kappa shape index (κ3) is 5.83. The molecule has 0 aromatic carbocycles. The molecule has 35 heavy (non-hydrogen) atoms. The van der Waals surface area contributed by atoms with Crippen molar-refractivity contribution in [1.29, 1.82) is 0 Å². The lowest BCUT2D eigenvalue weighted by molar-refractivity contribution is -0.127. The Morgan fingerprint density at radius 3 is 2.57 bits per heavy atom. The van der Waals surface area contributed by atoms with Crippen LogP contribution in [-0.4, -0.2) is 44.4 Å². The van der Waals surface area contributed by atoms with Crippen LogP contribution >= 0.6 is 11.8 Å². The van der Waals surface area contributed by atoms with Crippen molar-refractivity contribution >= 4 is 23.6 Å². The molecule has 0 unspecified atom stereocenters. The molecule has 0 bridgehead atoms. The molecule has 1 saturated heterocycles. The second-order valence-electron chi connectivity index (χ2n) is 9.41. The molecule has 0 spiro atoms. The highest BCUT2D eigenvalue weighted by molar-refractivity contribution is 7.99. The van der Waals surface area contributed by atoms with E-state index in [2.05, 4.69) is 32.7 Å². The van der Waals surface area contributed by atoms with E-state index in [0.29, 0.717) is 13.1 Å². The van der Waals surface area contributed by atoms with Crippen LogP contribution in [0.25, 0.3) is 0 Å². The minimum atomic E-state index is 0.0560. The Bertz CT molecular complexity index is 1110. The molecule has 5 rings (SSSR count). The molecular weight excluding hydrogens is 462 g/mol. The molecule has 9 heteroatoms. The van der Waals surface area contributed by atoms with E-state index in [9.17, 15) is 4.79 Å². The van der Waals surface area contributed by atoms with E-state index >= 15 is 0 Å². The smallest absolute Gasteiger partial charge is 0.237 e. The van der Waals surface area contributed by atoms with Crippen molar-refractivity contribution in [2.75, 3.05) is 23.7 Å². The molecule has 0 atom stereocenters. The predicted octanol–water partition coefficient (Wildman–Crippen LogP) is 5.33. The van der Waals surface area contributed by atoms with Gasteiger partial charge in [0.2, 0.25) is 11.9 Å². The van der Waals surface area contributed by atoms with Gasteiger partial charge in [-0.25, -0.2) is 0 Å². The summed E-state index contributed by atoms with van der Waals surface area (Å²) in [6.45, 7) is 5.22. The molecule has 1 aliphatic heterocycles. The second-order valence-corrected chi connectivity index (χ2v) is 10.3. The fraction of sp³-hybridized carbons (Fsp3) is 0.500. The SMILES string of the molecule is CC1CCN(c2nnc(SCC(=O)N(Cc3ccco3)C3=CCCCC3)n2Cc2ccco2)CC1. The first kappa shape index (κ1) is 23.8. The fourth-order valence-electron chi connectivity index (χ4n) is 4.71. The van der Waals surface area contributed by atoms with Crippen LogP contribution in [0.2, 0.25) is 0 Å². The summed E-state index contributed by atoms with van der Waals surface area (Å²) < 4.78 is 13.3. The monoisotopic (exact) mass is 495 g/mol. The summed E-state index contributed by atoms with van der Waals surface area (Å²) in [5.74, 6) is 3.55. The fourth-order valence-corrected chi connectivity index (χ4v) is 5.51. The van der Waals surface area contributed by atoms with Gasteiger partial charge < -0.3 is 18.6 Å². The molecule has 186 valence electrons. The van der Waals surface area contributed by atoms with E-state index in [-0.39, 0.29) is 11.7 Å². The number of amides is 1. The first-order chi connectivity index (χ1) is 17.2. The highest BCUT2D eigenvalue weighted by atomic mass is 32.2. The van der Waals surface area contributed by atoms with Crippen molar-refractivity contribution in [3.8, 4) is 0 Å². The van der Waals surface area contributed by atoms with E-state index < -0.39 is 0 Å². The highest BCUT2D eigenvalue weighted by Crippen LogP contribution is 2.29. The van der Waals surface area contributed by atoms with Crippen LogP contribution in [0, 0.1) is 5.92 Å². The molecule has 3 aromatic rings. The third-order valence-electron chi connectivity index (χ3n) is 6.79. The first-order valence-electron chi connectivity index (χ1n) is 12.5. The van der Waals surface area contributed by atoms with Crippen LogP contribution in [0.5, 0.6) is 0 Å². The maximum absolute atomic E-state index is 13.5. The van der Waals surface area contributed by atoms with Crippen molar-refractivity contribution in [3.05, 3.63) is 60.1 Å². The summed E-state index contributed by atoms with van der Waals surface area (Å²) in [7, 11) is 0. The van der Waals surface area contributed by atoms with Crippen LogP contribution in [0.15, 0.2) is 62.6 Å². The van der Waals surface area contributed by atoms with Gasteiger partial charge in [-0.3, -0.25) is 9.36 Å². The molecule has 8 nitrogen and oxygen atoms in total. The zero-order valence-corrected chi connectivity index (χ0v) is 21.1. The number of hydrogen-bond acceptors (Lipinski definition) is 7. The van der Waals surface area contributed by atoms with Gasteiger partial charge in [0.1, 0.15) is 11.5 Å². The van der Waals surface area contributed by atoms with Gasteiger partial charge in [-0.15, -0.1) is 10.2 Å². The number of allylic oxidation sites excluding steroid dienone is 2. The Labute approximate surface area is 210 Å². The molecule has 0 radical (unpaired) electrons. The Hall–Kier alpha value is -2.94. The van der Waals surface area contributed by atoms with E-state index in [1.165, 1.54) is 18.2 Å². The van der Waals surface area contributed by atoms with Gasteiger partial charge in [-0.1, -0.05) is 24.8 Å². The van der Waals surface area contributed by atoms with Crippen molar-refractivity contribution in [3.63, 3.8) is 0 Å². The molecule has 1 fully saturated rings. The number of rotatable bonds is 9. The van der Waals surface area contributed by atoms with E-state index in [1.807, 2.05) is 29.2 Å². The summed E-state index contributed by atoms with van der Waals surface area (Å²) in [6, 6.07) is 7.63. The molecule has 0 N–H and O–H groups in total. The lowest BCUT2D eigenvalue weighted by atomic mass is 10.00. The summed E-state index contributed by atoms with van der Waals surface area (Å²) in [6.07, 6.45) is 12.0. The number of aromatic nitrogens is 3. The van der Waals surface area contributed by atoms with Crippen molar-refractivity contribution in [2.24, 2.45) is 5.92 Å². The summed E-state index contributed by atoms with van der Waals surface area (Å²) >= 11 is 1.44. The van der Waals surface area contributed by atoms with Crippen LogP contribution < -0.4 is 4.90 Å². The molecule has 2 aliphatic rings. The van der Waals surface area contributed by atoms with Gasteiger partial charge >= 0.3 is 0 Å². The summed E-state index contributed by atoms with van der Waals surface area (Å²) in [5, 5.41) is 9.78. The van der Waals surface area contributed by atoms with Gasteiger partial charge in [0.25, 0.3) is 0 Å². The molecule has 0 saturated carbocycles. The van der Waals surface area contributed by atoms with E-state index in [1.54, 1.807) is 12.5 Å². The first-order valence-corrected chi connectivity index (χ1v) is 13.5. The van der Waals surface area contributed by atoms with Crippen molar-refractivity contribution < 1.29 is 13.6 Å². The number of hydrogen-bond donors (Lipinski definition) is 0. The number of anilines is 1. The normalized spacial score (nSPS) is 16.9. The van der Waals surface area contributed by atoms with Gasteiger partial charge in [0.15, 0.2) is 5.16 Å². The number of carbonyl (C=O) groups is 1. The minimum absolute atomic E-state index is 0.0560. The summed E-state index contributed by atoms with van der Waals surface area (Å²) in [5.41, 5.74) is 1.10. The van der Waals surface area contributed by atoms with E-state index in [4.69, 9.17) is 8.83 Å². The quantitative estimate of drug-likeness (QED) is 0.371. The van der Waals surface area contributed by atoms with Gasteiger partial charge in [0, 0.05) is 18.8 Å². The van der Waals surface area contributed by atoms with Gasteiger partial charge in [-0.2, -0.15) is 0 Å². The lowest BCUT2D eigenvalue weighted by Gasteiger charge is -2.31. The largest absolute Gasteiger partial charge is 0.467 e. The molecule has 3 aromatic heterocycles. The Morgan fingerprint density at radius 2 is 1.89 bits per heavy atom. The average molecular weight is 496 g/mol. The Balaban J connectivity index is 1.33. The lowest BCUT2D eigenvalue weighted by Crippen LogP contribution is -2.35. The zero-order chi connectivity index (χ0) is 24.0. The van der Waals surface area contributed by atoms with Crippen LogP contribution in [0.4, 0.5) is 5.95 Å². The van der Waals surface area contributed by atoms with Crippen LogP contribution in [-0.2, 0) is 17.9 Å². The standard InChI is InChI=1S/C26H33N5O3S/c1-20-11-13-29(14-12-20)25-27-28-26(31(25)18-23-10-6-16-34-23)35-19-24(32)30(17-22-9-5-15-33-22)21-7-3-2-4-8-21/h5-7,9-10,15-16,20H,2-4,8,11-14,17-19H2,1H3. The van der Waals surface area contributed by atoms with Crippen LogP contribution in [0.1, 0.15) is 57.0 Å². The molecule has 4 heterocycles.